The van der Waals surface area contributed by atoms with Crippen LogP contribution in [0.25, 0.3) is 0 Å². The van der Waals surface area contributed by atoms with Crippen LogP contribution in [0.15, 0.2) is 30.5 Å². The molecule has 2 saturated heterocycles. The number of ether oxygens (including phenoxy) is 1. The monoisotopic (exact) mass is 648 g/mol. The first kappa shape index (κ1) is 35.4. The van der Waals surface area contributed by atoms with Crippen LogP contribution >= 0.6 is 0 Å². The summed E-state index contributed by atoms with van der Waals surface area (Å²) in [5.41, 5.74) is 0.0651. The zero-order valence-corrected chi connectivity index (χ0v) is 25.9. The van der Waals surface area contributed by atoms with Crippen molar-refractivity contribution in [2.45, 2.75) is 58.8 Å². The Hall–Kier alpha value is -3.49. The van der Waals surface area contributed by atoms with Crippen molar-refractivity contribution in [1.29, 1.82) is 0 Å². The molecule has 1 aromatic carbocycles. The summed E-state index contributed by atoms with van der Waals surface area (Å²) < 4.78 is 47.0. The summed E-state index contributed by atoms with van der Waals surface area (Å²) in [6.45, 7) is 12.1. The third-order valence-electron chi connectivity index (χ3n) is 8.58. The first-order chi connectivity index (χ1) is 21.6. The van der Waals surface area contributed by atoms with Gasteiger partial charge in [-0.1, -0.05) is 13.8 Å². The van der Waals surface area contributed by atoms with Crippen LogP contribution in [0, 0.1) is 5.92 Å². The van der Waals surface area contributed by atoms with Crippen LogP contribution in [0.3, 0.4) is 0 Å². The van der Waals surface area contributed by atoms with Crippen molar-refractivity contribution in [3.05, 3.63) is 41.6 Å². The van der Waals surface area contributed by atoms with E-state index in [9.17, 15) is 22.8 Å². The number of alkyl halides is 3. The minimum atomic E-state index is -4.68. The first-order valence-corrected chi connectivity index (χ1v) is 15.8. The third-order valence-corrected chi connectivity index (χ3v) is 8.58. The van der Waals surface area contributed by atoms with Crippen LogP contribution in [0.4, 0.5) is 30.6 Å². The highest BCUT2D eigenvalue weighted by Gasteiger charge is 2.39. The minimum absolute atomic E-state index is 0. The number of amides is 2. The standard InChI is InChI=1S/C31H43F3N8O3.CH4/c1-21(2)36-28(43)24-4-3-5-26(24)38-27-25(31(32,33)34)20-35-30(39-27)37-23-8-6-22(7-9-23)29(44)42-14-12-40(13-15-42)10-11-41-16-18-45-19-17-41;/h6-9,20-21,24,26H,3-5,10-19H2,1-2H3,(H,36,43)(H2,35,37,38,39);1H4/t24-,26+;/m0./s1. The number of aromatic nitrogens is 2. The molecular formula is C32H47F3N8O3. The highest BCUT2D eigenvalue weighted by Crippen LogP contribution is 2.37. The van der Waals surface area contributed by atoms with Gasteiger partial charge in [-0.05, 0) is 51.0 Å². The van der Waals surface area contributed by atoms with Crippen LogP contribution in [-0.2, 0) is 15.7 Å². The van der Waals surface area contributed by atoms with Crippen molar-refractivity contribution in [1.82, 2.24) is 30.0 Å². The smallest absolute Gasteiger partial charge is 0.379 e. The molecular weight excluding hydrogens is 601 g/mol. The zero-order valence-electron chi connectivity index (χ0n) is 25.9. The second-order valence-electron chi connectivity index (χ2n) is 12.2. The summed E-state index contributed by atoms with van der Waals surface area (Å²) in [6, 6.07) is 6.20. The van der Waals surface area contributed by atoms with Crippen LogP contribution in [0.2, 0.25) is 0 Å². The highest BCUT2D eigenvalue weighted by atomic mass is 19.4. The molecule has 0 unspecified atom stereocenters. The minimum Gasteiger partial charge on any atom is -0.379 e. The van der Waals surface area contributed by atoms with Gasteiger partial charge >= 0.3 is 6.18 Å². The van der Waals surface area contributed by atoms with E-state index in [2.05, 4.69) is 35.7 Å². The summed E-state index contributed by atoms with van der Waals surface area (Å²) in [5.74, 6) is -1.09. The van der Waals surface area contributed by atoms with E-state index in [-0.39, 0.29) is 37.0 Å². The number of hydrogen-bond donors (Lipinski definition) is 3. The van der Waals surface area contributed by atoms with E-state index < -0.39 is 23.7 Å². The lowest BCUT2D eigenvalue weighted by Crippen LogP contribution is -2.51. The van der Waals surface area contributed by atoms with Crippen molar-refractivity contribution in [2.75, 3.05) is 76.2 Å². The Kier molecular flexibility index (Phi) is 12.2. The predicted octanol–water partition coefficient (Wildman–Crippen LogP) is 4.07. The van der Waals surface area contributed by atoms with E-state index in [1.807, 2.05) is 18.7 Å². The number of anilines is 3. The van der Waals surface area contributed by atoms with Gasteiger partial charge < -0.3 is 25.6 Å². The molecule has 2 atom stereocenters. The van der Waals surface area contributed by atoms with Gasteiger partial charge in [0.15, 0.2) is 0 Å². The van der Waals surface area contributed by atoms with Crippen molar-refractivity contribution in [2.24, 2.45) is 5.92 Å². The Morgan fingerprint density at radius 2 is 1.63 bits per heavy atom. The van der Waals surface area contributed by atoms with E-state index in [0.717, 1.165) is 65.1 Å². The molecule has 2 aliphatic heterocycles. The number of nitrogens with one attached hydrogen (secondary N) is 3. The molecule has 1 saturated carbocycles. The molecule has 11 nitrogen and oxygen atoms in total. The maximum atomic E-state index is 13.9. The Bertz CT molecular complexity index is 1300. The molecule has 5 rings (SSSR count). The molecule has 3 N–H and O–H groups in total. The molecule has 254 valence electrons. The molecule has 0 bridgehead atoms. The zero-order chi connectivity index (χ0) is 32.0. The van der Waals surface area contributed by atoms with E-state index in [1.165, 1.54) is 0 Å². The summed E-state index contributed by atoms with van der Waals surface area (Å²) >= 11 is 0. The molecule has 3 fully saturated rings. The molecule has 46 heavy (non-hydrogen) atoms. The van der Waals surface area contributed by atoms with E-state index in [1.54, 1.807) is 24.3 Å². The fraction of sp³-hybridized carbons (Fsp3) is 0.625. The molecule has 3 heterocycles. The topological polar surface area (TPSA) is 115 Å². The van der Waals surface area contributed by atoms with Crippen molar-refractivity contribution in [3.63, 3.8) is 0 Å². The second kappa shape index (κ2) is 15.9. The Morgan fingerprint density at radius 1 is 0.978 bits per heavy atom. The Labute approximate surface area is 269 Å². The lowest BCUT2D eigenvalue weighted by atomic mass is 10.0. The quantitative estimate of drug-likeness (QED) is 0.351. The summed E-state index contributed by atoms with van der Waals surface area (Å²) in [5, 5.41) is 8.71. The summed E-state index contributed by atoms with van der Waals surface area (Å²) in [4.78, 5) is 40.5. The van der Waals surface area contributed by atoms with Crippen molar-refractivity contribution < 1.29 is 27.5 Å². The number of carbonyl (C=O) groups excluding carboxylic acids is 2. The van der Waals surface area contributed by atoms with Gasteiger partial charge in [0.25, 0.3) is 5.91 Å². The molecule has 0 spiro atoms. The Morgan fingerprint density at radius 3 is 2.26 bits per heavy atom. The molecule has 0 radical (unpaired) electrons. The van der Waals surface area contributed by atoms with Gasteiger partial charge in [-0.2, -0.15) is 18.2 Å². The molecule has 1 aliphatic carbocycles. The van der Waals surface area contributed by atoms with Gasteiger partial charge in [-0.25, -0.2) is 4.98 Å². The van der Waals surface area contributed by atoms with Crippen LogP contribution in [0.1, 0.15) is 56.5 Å². The van der Waals surface area contributed by atoms with Crippen LogP contribution < -0.4 is 16.0 Å². The largest absolute Gasteiger partial charge is 0.421 e. The van der Waals surface area contributed by atoms with E-state index in [0.29, 0.717) is 37.2 Å². The molecule has 2 aromatic rings. The first-order valence-electron chi connectivity index (χ1n) is 15.8. The van der Waals surface area contributed by atoms with Gasteiger partial charge in [0.05, 0.1) is 19.1 Å². The van der Waals surface area contributed by atoms with Gasteiger partial charge in [0.2, 0.25) is 11.9 Å². The summed E-state index contributed by atoms with van der Waals surface area (Å²) in [6.07, 6.45) is -2.07. The third kappa shape index (κ3) is 9.29. The van der Waals surface area contributed by atoms with Crippen molar-refractivity contribution >= 4 is 29.3 Å². The number of carbonyl (C=O) groups is 2. The SMILES string of the molecule is C.CC(C)NC(=O)[C@H]1CCC[C@H]1Nc1nc(Nc2ccc(C(=O)N3CCN(CCN4CCOCC4)CC3)cc2)ncc1C(F)(F)F. The van der Waals surface area contributed by atoms with E-state index in [4.69, 9.17) is 4.74 Å². The average Bonchev–Trinajstić information content (AvgIpc) is 3.48. The average molecular weight is 649 g/mol. The normalized spacial score (nSPS) is 21.1. The van der Waals surface area contributed by atoms with Gasteiger partial charge in [0, 0.05) is 81.9 Å². The van der Waals surface area contributed by atoms with Gasteiger partial charge in [-0.15, -0.1) is 0 Å². The fourth-order valence-corrected chi connectivity index (χ4v) is 6.06. The molecule has 14 heteroatoms. The lowest BCUT2D eigenvalue weighted by molar-refractivity contribution is -0.137. The van der Waals surface area contributed by atoms with E-state index >= 15 is 0 Å². The molecule has 1 aromatic heterocycles. The number of morpholine rings is 1. The number of nitrogens with zero attached hydrogens (tertiary/aromatic N) is 5. The van der Waals surface area contributed by atoms with Gasteiger partial charge in [-0.3, -0.25) is 19.4 Å². The number of halogens is 3. The summed E-state index contributed by atoms with van der Waals surface area (Å²) in [7, 11) is 0. The number of hydrogen-bond acceptors (Lipinski definition) is 9. The lowest BCUT2D eigenvalue weighted by Gasteiger charge is -2.36. The van der Waals surface area contributed by atoms with Crippen LogP contribution in [-0.4, -0.2) is 114 Å². The number of benzene rings is 1. The Balaban J connectivity index is 0.00000480. The van der Waals surface area contributed by atoms with Crippen molar-refractivity contribution in [3.8, 4) is 0 Å². The highest BCUT2D eigenvalue weighted by molar-refractivity contribution is 5.94. The fourth-order valence-electron chi connectivity index (χ4n) is 6.06. The maximum Gasteiger partial charge on any atom is 0.421 e. The van der Waals surface area contributed by atoms with Crippen LogP contribution in [0.5, 0.6) is 0 Å². The van der Waals surface area contributed by atoms with Gasteiger partial charge in [0.1, 0.15) is 11.4 Å². The predicted molar refractivity (Wildman–Crippen MR) is 171 cm³/mol. The second-order valence-corrected chi connectivity index (χ2v) is 12.2. The number of rotatable bonds is 10. The molecule has 3 aliphatic rings. The molecule has 2 amide bonds. The number of piperazine rings is 1. The maximum absolute atomic E-state index is 13.9.